The van der Waals surface area contributed by atoms with E-state index in [1.165, 1.54) is 12.1 Å². The van der Waals surface area contributed by atoms with Crippen LogP contribution in [0.1, 0.15) is 16.9 Å². The van der Waals surface area contributed by atoms with E-state index in [9.17, 15) is 13.2 Å². The number of nitrogens with zero attached hydrogens (tertiary/aromatic N) is 1. The summed E-state index contributed by atoms with van der Waals surface area (Å²) < 4.78 is 45.9. The van der Waals surface area contributed by atoms with Gasteiger partial charge >= 0.3 is 6.18 Å². The van der Waals surface area contributed by atoms with Gasteiger partial charge in [-0.3, -0.25) is 4.98 Å². The predicted octanol–water partition coefficient (Wildman–Crippen LogP) is 4.79. The number of rotatable bonds is 3. The summed E-state index contributed by atoms with van der Waals surface area (Å²) in [5.74, 6) is 0.577. The average molecular weight is 332 g/mol. The number of furan rings is 1. The molecule has 0 aliphatic heterocycles. The zero-order valence-electron chi connectivity index (χ0n) is 12.9. The number of aryl methyl sites for hydroxylation is 1. The molecule has 0 aliphatic carbocycles. The minimum Gasteiger partial charge on any atom is -0.460 e. The van der Waals surface area contributed by atoms with Gasteiger partial charge < -0.3 is 10.2 Å². The highest BCUT2D eigenvalue weighted by Gasteiger charge is 2.35. The Bertz CT molecular complexity index is 851. The molecule has 2 N–H and O–H groups in total. The number of hydrogen-bond acceptors (Lipinski definition) is 3. The second-order valence-electron chi connectivity index (χ2n) is 5.45. The Labute approximate surface area is 136 Å². The maximum Gasteiger partial charge on any atom is 0.417 e. The topological polar surface area (TPSA) is 52.0 Å². The van der Waals surface area contributed by atoms with Crippen molar-refractivity contribution in [2.45, 2.75) is 19.6 Å². The second kappa shape index (κ2) is 6.13. The van der Waals surface area contributed by atoms with Gasteiger partial charge in [-0.2, -0.15) is 13.2 Å². The highest BCUT2D eigenvalue weighted by Crippen LogP contribution is 2.39. The molecule has 0 unspecified atom stereocenters. The Kier molecular flexibility index (Phi) is 4.15. The summed E-state index contributed by atoms with van der Waals surface area (Å²) in [5, 5.41) is 0. The van der Waals surface area contributed by atoms with E-state index >= 15 is 0 Å². The van der Waals surface area contributed by atoms with Crippen molar-refractivity contribution < 1.29 is 17.6 Å². The molecule has 6 heteroatoms. The van der Waals surface area contributed by atoms with Crippen LogP contribution in [-0.2, 0) is 12.7 Å². The fourth-order valence-corrected chi connectivity index (χ4v) is 2.42. The lowest BCUT2D eigenvalue weighted by Gasteiger charge is -2.13. The smallest absolute Gasteiger partial charge is 0.417 e. The molecule has 0 spiro atoms. The lowest BCUT2D eigenvalue weighted by molar-refractivity contribution is -0.137. The fraction of sp³-hybridized carbons (Fsp3) is 0.167. The molecule has 2 heterocycles. The maximum atomic E-state index is 13.5. The molecule has 2 aromatic heterocycles. The highest BCUT2D eigenvalue weighted by atomic mass is 19.4. The standard InChI is InChI=1S/C18H15F3N2O/c1-11-2-6-16(23-10-11)12-3-5-14(15(8-12)18(19,20)21)17-7-4-13(9-22)24-17/h2-8,10H,9,22H2,1H3. The van der Waals surface area contributed by atoms with Crippen LogP contribution in [0.3, 0.4) is 0 Å². The van der Waals surface area contributed by atoms with Gasteiger partial charge in [0.15, 0.2) is 0 Å². The molecule has 24 heavy (non-hydrogen) atoms. The first-order valence-corrected chi connectivity index (χ1v) is 7.32. The van der Waals surface area contributed by atoms with Crippen molar-refractivity contribution in [2.75, 3.05) is 0 Å². The molecule has 0 aliphatic rings. The van der Waals surface area contributed by atoms with Crippen molar-refractivity contribution in [3.8, 4) is 22.6 Å². The summed E-state index contributed by atoms with van der Waals surface area (Å²) in [4.78, 5) is 4.18. The van der Waals surface area contributed by atoms with Crippen LogP contribution in [0.25, 0.3) is 22.6 Å². The van der Waals surface area contributed by atoms with Gasteiger partial charge in [0.2, 0.25) is 0 Å². The summed E-state index contributed by atoms with van der Waals surface area (Å²) >= 11 is 0. The molecule has 124 valence electrons. The molecule has 0 bridgehead atoms. The third-order valence-corrected chi connectivity index (χ3v) is 3.66. The Balaban J connectivity index is 2.12. The van der Waals surface area contributed by atoms with Gasteiger partial charge in [0.1, 0.15) is 11.5 Å². The van der Waals surface area contributed by atoms with Crippen molar-refractivity contribution in [1.82, 2.24) is 4.98 Å². The predicted molar refractivity (Wildman–Crippen MR) is 85.0 cm³/mol. The zero-order valence-corrected chi connectivity index (χ0v) is 12.9. The summed E-state index contributed by atoms with van der Waals surface area (Å²) in [6, 6.07) is 10.7. The third kappa shape index (κ3) is 3.19. The van der Waals surface area contributed by atoms with Gasteiger partial charge in [-0.1, -0.05) is 12.1 Å². The van der Waals surface area contributed by atoms with E-state index in [0.29, 0.717) is 17.0 Å². The number of aromatic nitrogens is 1. The second-order valence-corrected chi connectivity index (χ2v) is 5.45. The van der Waals surface area contributed by atoms with Crippen LogP contribution in [0.5, 0.6) is 0 Å². The molecule has 0 saturated carbocycles. The van der Waals surface area contributed by atoms with Crippen molar-refractivity contribution in [2.24, 2.45) is 5.73 Å². The van der Waals surface area contributed by atoms with E-state index in [1.807, 2.05) is 13.0 Å². The molecular weight excluding hydrogens is 317 g/mol. The monoisotopic (exact) mass is 332 g/mol. The summed E-state index contributed by atoms with van der Waals surface area (Å²) in [6.45, 7) is 2.00. The Hall–Kier alpha value is -2.60. The van der Waals surface area contributed by atoms with Crippen LogP contribution < -0.4 is 5.73 Å². The Morgan fingerprint density at radius 3 is 2.46 bits per heavy atom. The SMILES string of the molecule is Cc1ccc(-c2ccc(-c3ccc(CN)o3)c(C(F)(F)F)c2)nc1. The van der Waals surface area contributed by atoms with Crippen LogP contribution in [0.2, 0.25) is 0 Å². The van der Waals surface area contributed by atoms with Crippen LogP contribution in [0.15, 0.2) is 53.1 Å². The molecular formula is C18H15F3N2O. The van der Waals surface area contributed by atoms with E-state index in [1.54, 1.807) is 24.4 Å². The van der Waals surface area contributed by atoms with Crippen molar-refractivity contribution in [3.05, 3.63) is 65.5 Å². The summed E-state index contributed by atoms with van der Waals surface area (Å²) in [5.41, 5.74) is 6.50. The van der Waals surface area contributed by atoms with Crippen LogP contribution >= 0.6 is 0 Å². The zero-order chi connectivity index (χ0) is 17.3. The number of hydrogen-bond donors (Lipinski definition) is 1. The largest absolute Gasteiger partial charge is 0.460 e. The van der Waals surface area contributed by atoms with E-state index in [-0.39, 0.29) is 17.9 Å². The lowest BCUT2D eigenvalue weighted by Crippen LogP contribution is -2.07. The normalized spacial score (nSPS) is 11.7. The molecule has 0 fully saturated rings. The van der Waals surface area contributed by atoms with Gasteiger partial charge in [-0.05, 0) is 42.8 Å². The number of halogens is 3. The summed E-state index contributed by atoms with van der Waals surface area (Å²) in [7, 11) is 0. The quantitative estimate of drug-likeness (QED) is 0.750. The lowest BCUT2D eigenvalue weighted by atomic mass is 9.99. The number of pyridine rings is 1. The first-order chi connectivity index (χ1) is 11.4. The van der Waals surface area contributed by atoms with Gasteiger partial charge in [-0.15, -0.1) is 0 Å². The van der Waals surface area contributed by atoms with Crippen LogP contribution in [0.4, 0.5) is 13.2 Å². The fourth-order valence-electron chi connectivity index (χ4n) is 2.42. The molecule has 3 aromatic rings. The Morgan fingerprint density at radius 2 is 1.88 bits per heavy atom. The van der Waals surface area contributed by atoms with E-state index < -0.39 is 11.7 Å². The van der Waals surface area contributed by atoms with Crippen LogP contribution in [-0.4, -0.2) is 4.98 Å². The maximum absolute atomic E-state index is 13.5. The highest BCUT2D eigenvalue weighted by molar-refractivity contribution is 5.70. The van der Waals surface area contributed by atoms with Crippen molar-refractivity contribution in [3.63, 3.8) is 0 Å². The minimum absolute atomic E-state index is 0.0157. The number of benzene rings is 1. The molecule has 3 nitrogen and oxygen atoms in total. The molecule has 0 radical (unpaired) electrons. The third-order valence-electron chi connectivity index (χ3n) is 3.66. The molecule has 3 rings (SSSR count). The van der Waals surface area contributed by atoms with Gasteiger partial charge in [0.25, 0.3) is 0 Å². The molecule has 0 amide bonds. The Morgan fingerprint density at radius 1 is 1.08 bits per heavy atom. The van der Waals surface area contributed by atoms with E-state index in [4.69, 9.17) is 10.2 Å². The van der Waals surface area contributed by atoms with Crippen molar-refractivity contribution in [1.29, 1.82) is 0 Å². The molecule has 0 atom stereocenters. The van der Waals surface area contributed by atoms with E-state index in [2.05, 4.69) is 4.98 Å². The first-order valence-electron chi connectivity index (χ1n) is 7.32. The van der Waals surface area contributed by atoms with Gasteiger partial charge in [0.05, 0.1) is 17.8 Å². The number of alkyl halides is 3. The van der Waals surface area contributed by atoms with Crippen molar-refractivity contribution >= 4 is 0 Å². The van der Waals surface area contributed by atoms with Gasteiger partial charge in [0, 0.05) is 17.3 Å². The van der Waals surface area contributed by atoms with Crippen LogP contribution in [0, 0.1) is 6.92 Å². The first kappa shape index (κ1) is 16.3. The average Bonchev–Trinajstić information content (AvgIpc) is 3.03. The molecule has 0 saturated heterocycles. The molecule has 1 aromatic carbocycles. The van der Waals surface area contributed by atoms with Gasteiger partial charge in [-0.25, -0.2) is 0 Å². The summed E-state index contributed by atoms with van der Waals surface area (Å²) in [6.07, 6.45) is -2.89. The minimum atomic E-state index is -4.51. The van der Waals surface area contributed by atoms with E-state index in [0.717, 1.165) is 11.6 Å². The number of nitrogens with two attached hydrogens (primary N) is 1.